The molecule has 6 heteroatoms. The minimum Gasteiger partial charge on any atom is -0.493 e. The zero-order valence-electron chi connectivity index (χ0n) is 14.4. The van der Waals surface area contributed by atoms with E-state index in [0.29, 0.717) is 12.6 Å². The number of piperazine rings is 1. The van der Waals surface area contributed by atoms with Gasteiger partial charge in [0.1, 0.15) is 0 Å². The number of nitrogens with two attached hydrogens (primary N) is 1. The van der Waals surface area contributed by atoms with E-state index in [9.17, 15) is 4.79 Å². The first-order valence-corrected chi connectivity index (χ1v) is 8.76. The molecule has 132 valence electrons. The Kier molecular flexibility index (Phi) is 5.45. The van der Waals surface area contributed by atoms with Crippen LogP contribution in [0, 0.1) is 0 Å². The van der Waals surface area contributed by atoms with Gasteiger partial charge in [-0.05, 0) is 37.8 Å². The van der Waals surface area contributed by atoms with Crippen LogP contribution in [0.1, 0.15) is 25.7 Å². The highest BCUT2D eigenvalue weighted by Gasteiger charge is 2.21. The fraction of sp³-hybridized carbons (Fsp3) is 0.611. The van der Waals surface area contributed by atoms with E-state index < -0.39 is 0 Å². The summed E-state index contributed by atoms with van der Waals surface area (Å²) >= 11 is 0. The number of rotatable bonds is 6. The number of methoxy groups -OCH3 is 1. The summed E-state index contributed by atoms with van der Waals surface area (Å²) in [4.78, 5) is 15.4. The Bertz CT molecular complexity index is 565. The summed E-state index contributed by atoms with van der Waals surface area (Å²) in [5.41, 5.74) is 6.42. The molecule has 0 radical (unpaired) electrons. The molecule has 1 heterocycles. The molecule has 0 unspecified atom stereocenters. The quantitative estimate of drug-likeness (QED) is 0.857. The first-order valence-electron chi connectivity index (χ1n) is 8.76. The molecule has 1 aromatic carbocycles. The third kappa shape index (κ3) is 4.12. The number of primary amides is 1. The van der Waals surface area contributed by atoms with Crippen LogP contribution in [0.15, 0.2) is 18.2 Å². The molecule has 0 spiro atoms. The Labute approximate surface area is 143 Å². The molecule has 2 N–H and O–H groups in total. The molecule has 6 nitrogen and oxygen atoms in total. The maximum atomic E-state index is 11.0. The van der Waals surface area contributed by atoms with Crippen LogP contribution in [-0.4, -0.2) is 56.7 Å². The van der Waals surface area contributed by atoms with E-state index in [1.165, 1.54) is 12.8 Å². The zero-order chi connectivity index (χ0) is 16.9. The Morgan fingerprint density at radius 1 is 1.17 bits per heavy atom. The fourth-order valence-corrected chi connectivity index (χ4v) is 3.52. The van der Waals surface area contributed by atoms with Crippen molar-refractivity contribution in [3.63, 3.8) is 0 Å². The van der Waals surface area contributed by atoms with Gasteiger partial charge in [-0.15, -0.1) is 0 Å². The minimum absolute atomic E-state index is 0.264. The molecule has 24 heavy (non-hydrogen) atoms. The SMILES string of the molecule is COc1ccc(N2CCN(CC(N)=O)CC2)cc1OC1CCCC1. The van der Waals surface area contributed by atoms with E-state index in [1.54, 1.807) is 7.11 Å². The second kappa shape index (κ2) is 7.75. The van der Waals surface area contributed by atoms with Crippen molar-refractivity contribution in [2.24, 2.45) is 5.73 Å². The highest BCUT2D eigenvalue weighted by Crippen LogP contribution is 2.35. The van der Waals surface area contributed by atoms with Crippen molar-refractivity contribution in [3.05, 3.63) is 18.2 Å². The highest BCUT2D eigenvalue weighted by atomic mass is 16.5. The van der Waals surface area contributed by atoms with Crippen LogP contribution in [0.25, 0.3) is 0 Å². The van der Waals surface area contributed by atoms with Crippen molar-refractivity contribution in [3.8, 4) is 11.5 Å². The first-order chi connectivity index (χ1) is 11.7. The number of benzene rings is 1. The van der Waals surface area contributed by atoms with Gasteiger partial charge in [-0.25, -0.2) is 0 Å². The number of anilines is 1. The monoisotopic (exact) mass is 333 g/mol. The molecule has 1 aromatic rings. The summed E-state index contributed by atoms with van der Waals surface area (Å²) < 4.78 is 11.6. The lowest BCUT2D eigenvalue weighted by Crippen LogP contribution is -2.48. The molecule has 2 fully saturated rings. The van der Waals surface area contributed by atoms with Gasteiger partial charge in [0.15, 0.2) is 11.5 Å². The van der Waals surface area contributed by atoms with Crippen molar-refractivity contribution in [1.82, 2.24) is 4.90 Å². The Morgan fingerprint density at radius 3 is 2.50 bits per heavy atom. The van der Waals surface area contributed by atoms with Gasteiger partial charge in [-0.3, -0.25) is 9.69 Å². The molecule has 3 rings (SSSR count). The fourth-order valence-electron chi connectivity index (χ4n) is 3.52. The predicted molar refractivity (Wildman–Crippen MR) is 93.7 cm³/mol. The Hall–Kier alpha value is -1.95. The zero-order valence-corrected chi connectivity index (χ0v) is 14.4. The molecular formula is C18H27N3O3. The number of carbonyl (C=O) groups is 1. The van der Waals surface area contributed by atoms with Gasteiger partial charge in [-0.2, -0.15) is 0 Å². The standard InChI is InChI=1S/C18H27N3O3/c1-23-16-7-6-14(12-17(16)24-15-4-2-3-5-15)21-10-8-20(9-11-21)13-18(19)22/h6-7,12,15H,2-5,8-11,13H2,1H3,(H2,19,22). The van der Waals surface area contributed by atoms with E-state index >= 15 is 0 Å². The Morgan fingerprint density at radius 2 is 1.88 bits per heavy atom. The lowest BCUT2D eigenvalue weighted by molar-refractivity contribution is -0.119. The van der Waals surface area contributed by atoms with E-state index in [0.717, 1.165) is 56.2 Å². The lowest BCUT2D eigenvalue weighted by atomic mass is 10.2. The maximum absolute atomic E-state index is 11.0. The summed E-state index contributed by atoms with van der Waals surface area (Å²) in [6.07, 6.45) is 5.04. The van der Waals surface area contributed by atoms with E-state index in [4.69, 9.17) is 15.2 Å². The topological polar surface area (TPSA) is 68.0 Å². The molecule has 2 aliphatic rings. The van der Waals surface area contributed by atoms with Crippen LogP contribution in [0.5, 0.6) is 11.5 Å². The molecule has 1 aliphatic carbocycles. The molecule has 1 amide bonds. The van der Waals surface area contributed by atoms with Crippen molar-refractivity contribution in [2.45, 2.75) is 31.8 Å². The third-order valence-electron chi connectivity index (χ3n) is 4.86. The van der Waals surface area contributed by atoms with Crippen molar-refractivity contribution < 1.29 is 14.3 Å². The average Bonchev–Trinajstić information content (AvgIpc) is 3.08. The van der Waals surface area contributed by atoms with Crippen LogP contribution in [-0.2, 0) is 4.79 Å². The smallest absolute Gasteiger partial charge is 0.231 e. The van der Waals surface area contributed by atoms with Crippen molar-refractivity contribution in [1.29, 1.82) is 0 Å². The van der Waals surface area contributed by atoms with Gasteiger partial charge in [0.05, 0.1) is 19.8 Å². The molecular weight excluding hydrogens is 306 g/mol. The van der Waals surface area contributed by atoms with Gasteiger partial charge in [0.25, 0.3) is 0 Å². The average molecular weight is 333 g/mol. The largest absolute Gasteiger partial charge is 0.493 e. The summed E-state index contributed by atoms with van der Waals surface area (Å²) in [5, 5.41) is 0. The number of ether oxygens (including phenoxy) is 2. The summed E-state index contributed by atoms with van der Waals surface area (Å²) in [6, 6.07) is 6.14. The van der Waals surface area contributed by atoms with E-state index in [-0.39, 0.29) is 5.91 Å². The highest BCUT2D eigenvalue weighted by molar-refractivity contribution is 5.76. The van der Waals surface area contributed by atoms with Crippen LogP contribution in [0.4, 0.5) is 5.69 Å². The minimum atomic E-state index is -0.264. The van der Waals surface area contributed by atoms with Gasteiger partial charge in [0.2, 0.25) is 5.91 Å². The molecule has 0 atom stereocenters. The number of amides is 1. The number of hydrogen-bond donors (Lipinski definition) is 1. The number of carbonyl (C=O) groups excluding carboxylic acids is 1. The molecule has 0 aromatic heterocycles. The van der Waals surface area contributed by atoms with Gasteiger partial charge in [0, 0.05) is 37.9 Å². The summed E-state index contributed by atoms with van der Waals surface area (Å²) in [7, 11) is 1.68. The second-order valence-electron chi connectivity index (χ2n) is 6.59. The van der Waals surface area contributed by atoms with Crippen LogP contribution >= 0.6 is 0 Å². The van der Waals surface area contributed by atoms with E-state index in [1.807, 2.05) is 6.07 Å². The van der Waals surface area contributed by atoms with Crippen LogP contribution in [0.2, 0.25) is 0 Å². The van der Waals surface area contributed by atoms with Crippen molar-refractivity contribution >= 4 is 11.6 Å². The molecule has 1 saturated heterocycles. The van der Waals surface area contributed by atoms with Crippen LogP contribution in [0.3, 0.4) is 0 Å². The lowest BCUT2D eigenvalue weighted by Gasteiger charge is -2.35. The summed E-state index contributed by atoms with van der Waals surface area (Å²) in [5.74, 6) is 1.36. The third-order valence-corrected chi connectivity index (χ3v) is 4.86. The first kappa shape index (κ1) is 16.9. The van der Waals surface area contributed by atoms with Gasteiger partial charge in [-0.1, -0.05) is 0 Å². The normalized spacial score (nSPS) is 19.5. The van der Waals surface area contributed by atoms with Crippen molar-refractivity contribution in [2.75, 3.05) is 44.7 Å². The summed E-state index contributed by atoms with van der Waals surface area (Å²) in [6.45, 7) is 3.78. The molecule has 1 aliphatic heterocycles. The van der Waals surface area contributed by atoms with E-state index in [2.05, 4.69) is 21.9 Å². The second-order valence-corrected chi connectivity index (χ2v) is 6.59. The maximum Gasteiger partial charge on any atom is 0.231 e. The number of hydrogen-bond acceptors (Lipinski definition) is 5. The Balaban J connectivity index is 1.66. The molecule has 0 bridgehead atoms. The van der Waals surface area contributed by atoms with Crippen LogP contribution < -0.4 is 20.1 Å². The molecule has 1 saturated carbocycles. The van der Waals surface area contributed by atoms with Gasteiger partial charge >= 0.3 is 0 Å². The number of nitrogens with zero attached hydrogens (tertiary/aromatic N) is 2. The predicted octanol–water partition coefficient (Wildman–Crippen LogP) is 1.62. The van der Waals surface area contributed by atoms with Gasteiger partial charge < -0.3 is 20.1 Å².